The largest absolute Gasteiger partial charge is 0.443 e. The van der Waals surface area contributed by atoms with E-state index in [-0.39, 0.29) is 0 Å². The van der Waals surface area contributed by atoms with Crippen LogP contribution in [0, 0.1) is 18.3 Å². The van der Waals surface area contributed by atoms with E-state index in [0.717, 1.165) is 11.1 Å². The number of benzene rings is 1. The smallest absolute Gasteiger partial charge is 0.419 e. The molecule has 0 spiro atoms. The number of aromatic nitrogens is 1. The number of aryl methyl sites for hydroxylation is 1. The minimum atomic E-state index is -0.568. The molecular formula is C15H16N2O2. The van der Waals surface area contributed by atoms with E-state index in [1.807, 2.05) is 39.8 Å². The normalized spacial score (nSPS) is 11.3. The minimum Gasteiger partial charge on any atom is -0.443 e. The van der Waals surface area contributed by atoms with Crippen molar-refractivity contribution in [2.24, 2.45) is 0 Å². The van der Waals surface area contributed by atoms with Crippen molar-refractivity contribution in [2.75, 3.05) is 0 Å². The first kappa shape index (κ1) is 13.2. The number of hydrogen-bond acceptors (Lipinski definition) is 3. The van der Waals surface area contributed by atoms with Gasteiger partial charge in [0.05, 0.1) is 11.1 Å². The SMILES string of the molecule is Cc1cc2cccc(C#N)c2n1C(=O)OC(C)(C)C. The van der Waals surface area contributed by atoms with Crippen LogP contribution in [0.4, 0.5) is 4.79 Å². The van der Waals surface area contributed by atoms with E-state index < -0.39 is 11.7 Å². The van der Waals surface area contributed by atoms with E-state index in [2.05, 4.69) is 6.07 Å². The Hall–Kier alpha value is -2.28. The molecule has 0 fully saturated rings. The zero-order chi connectivity index (χ0) is 14.2. The second-order valence-electron chi connectivity index (χ2n) is 5.46. The quantitative estimate of drug-likeness (QED) is 0.723. The maximum absolute atomic E-state index is 12.3. The van der Waals surface area contributed by atoms with Gasteiger partial charge in [0, 0.05) is 11.1 Å². The molecule has 19 heavy (non-hydrogen) atoms. The van der Waals surface area contributed by atoms with Crippen LogP contribution in [-0.4, -0.2) is 16.3 Å². The molecule has 0 aliphatic rings. The first-order valence-corrected chi connectivity index (χ1v) is 6.08. The minimum absolute atomic E-state index is 0.456. The van der Waals surface area contributed by atoms with Gasteiger partial charge in [-0.05, 0) is 39.8 Å². The molecule has 0 aliphatic heterocycles. The van der Waals surface area contributed by atoms with Crippen molar-refractivity contribution in [3.63, 3.8) is 0 Å². The van der Waals surface area contributed by atoms with Crippen molar-refractivity contribution in [1.29, 1.82) is 5.26 Å². The number of rotatable bonds is 0. The Morgan fingerprint density at radius 3 is 2.63 bits per heavy atom. The first-order chi connectivity index (χ1) is 8.83. The van der Waals surface area contributed by atoms with Gasteiger partial charge in [-0.15, -0.1) is 0 Å². The Kier molecular flexibility index (Phi) is 3.07. The highest BCUT2D eigenvalue weighted by molar-refractivity contribution is 5.94. The van der Waals surface area contributed by atoms with Crippen LogP contribution >= 0.6 is 0 Å². The molecule has 0 saturated carbocycles. The van der Waals surface area contributed by atoms with Crippen LogP contribution in [0.2, 0.25) is 0 Å². The molecule has 1 heterocycles. The van der Waals surface area contributed by atoms with E-state index in [1.54, 1.807) is 12.1 Å². The summed E-state index contributed by atoms with van der Waals surface area (Å²) in [5, 5.41) is 10.0. The molecule has 0 saturated heterocycles. The number of nitrogens with zero attached hydrogens (tertiary/aromatic N) is 2. The Balaban J connectivity index is 2.64. The molecule has 2 rings (SSSR count). The van der Waals surface area contributed by atoms with E-state index in [0.29, 0.717) is 11.1 Å². The summed E-state index contributed by atoms with van der Waals surface area (Å²) in [6.07, 6.45) is -0.456. The summed E-state index contributed by atoms with van der Waals surface area (Å²) in [6.45, 7) is 7.27. The number of para-hydroxylation sites is 1. The van der Waals surface area contributed by atoms with Crippen LogP contribution in [0.15, 0.2) is 24.3 Å². The second-order valence-corrected chi connectivity index (χ2v) is 5.46. The van der Waals surface area contributed by atoms with Crippen LogP contribution in [0.3, 0.4) is 0 Å². The Labute approximate surface area is 112 Å². The number of nitriles is 1. The van der Waals surface area contributed by atoms with Gasteiger partial charge in [0.15, 0.2) is 0 Å². The average Bonchev–Trinajstić information content (AvgIpc) is 2.62. The molecule has 0 amide bonds. The van der Waals surface area contributed by atoms with E-state index in [9.17, 15) is 4.79 Å². The van der Waals surface area contributed by atoms with Crippen molar-refractivity contribution < 1.29 is 9.53 Å². The average molecular weight is 256 g/mol. The molecular weight excluding hydrogens is 240 g/mol. The highest BCUT2D eigenvalue weighted by Crippen LogP contribution is 2.24. The van der Waals surface area contributed by atoms with Crippen molar-refractivity contribution in [3.8, 4) is 6.07 Å². The summed E-state index contributed by atoms with van der Waals surface area (Å²) >= 11 is 0. The molecule has 98 valence electrons. The Morgan fingerprint density at radius 1 is 1.37 bits per heavy atom. The van der Waals surface area contributed by atoms with Crippen LogP contribution in [-0.2, 0) is 4.74 Å². The molecule has 0 atom stereocenters. The predicted molar refractivity (Wildman–Crippen MR) is 73.0 cm³/mol. The lowest BCUT2D eigenvalue weighted by atomic mass is 10.1. The fourth-order valence-corrected chi connectivity index (χ4v) is 2.03. The van der Waals surface area contributed by atoms with E-state index in [4.69, 9.17) is 10.00 Å². The fraction of sp³-hybridized carbons (Fsp3) is 0.333. The third kappa shape index (κ3) is 2.45. The maximum atomic E-state index is 12.3. The number of carbonyl (C=O) groups excluding carboxylic acids is 1. The third-order valence-corrected chi connectivity index (χ3v) is 2.70. The Bertz CT molecular complexity index is 684. The van der Waals surface area contributed by atoms with E-state index in [1.165, 1.54) is 4.57 Å². The van der Waals surface area contributed by atoms with Gasteiger partial charge in [0.1, 0.15) is 11.7 Å². The maximum Gasteiger partial charge on any atom is 0.419 e. The lowest BCUT2D eigenvalue weighted by Gasteiger charge is -2.20. The van der Waals surface area contributed by atoms with Gasteiger partial charge in [-0.1, -0.05) is 12.1 Å². The van der Waals surface area contributed by atoms with Gasteiger partial charge < -0.3 is 4.74 Å². The molecule has 0 radical (unpaired) electrons. The molecule has 0 bridgehead atoms. The topological polar surface area (TPSA) is 55.0 Å². The number of ether oxygens (including phenoxy) is 1. The zero-order valence-corrected chi connectivity index (χ0v) is 11.5. The second kappa shape index (κ2) is 4.43. The lowest BCUT2D eigenvalue weighted by Crippen LogP contribution is -2.27. The monoisotopic (exact) mass is 256 g/mol. The van der Waals surface area contributed by atoms with E-state index >= 15 is 0 Å². The Morgan fingerprint density at radius 2 is 2.05 bits per heavy atom. The standard InChI is InChI=1S/C15H16N2O2/c1-10-8-11-6-5-7-12(9-16)13(11)17(10)14(18)19-15(2,3)4/h5-8H,1-4H3. The van der Waals surface area contributed by atoms with Gasteiger partial charge in [0.2, 0.25) is 0 Å². The third-order valence-electron chi connectivity index (χ3n) is 2.70. The van der Waals surface area contributed by atoms with Gasteiger partial charge in [-0.3, -0.25) is 0 Å². The summed E-state index contributed by atoms with van der Waals surface area (Å²) in [5.74, 6) is 0. The fourth-order valence-electron chi connectivity index (χ4n) is 2.03. The van der Waals surface area contributed by atoms with Crippen LogP contribution in [0.25, 0.3) is 10.9 Å². The lowest BCUT2D eigenvalue weighted by molar-refractivity contribution is 0.0541. The van der Waals surface area contributed by atoms with Crippen molar-refractivity contribution in [1.82, 2.24) is 4.57 Å². The van der Waals surface area contributed by atoms with Gasteiger partial charge >= 0.3 is 6.09 Å². The van der Waals surface area contributed by atoms with Crippen LogP contribution in [0.1, 0.15) is 32.0 Å². The van der Waals surface area contributed by atoms with Gasteiger partial charge in [-0.25, -0.2) is 9.36 Å². The summed E-state index contributed by atoms with van der Waals surface area (Å²) < 4.78 is 6.84. The van der Waals surface area contributed by atoms with Crippen LogP contribution < -0.4 is 0 Å². The molecule has 4 heteroatoms. The highest BCUT2D eigenvalue weighted by Gasteiger charge is 2.21. The number of fused-ring (bicyclic) bond motifs is 1. The molecule has 4 nitrogen and oxygen atoms in total. The number of carbonyl (C=O) groups is 1. The van der Waals surface area contributed by atoms with Crippen molar-refractivity contribution in [3.05, 3.63) is 35.5 Å². The number of hydrogen-bond donors (Lipinski definition) is 0. The summed E-state index contributed by atoms with van der Waals surface area (Å²) in [7, 11) is 0. The van der Waals surface area contributed by atoms with Crippen LogP contribution in [0.5, 0.6) is 0 Å². The summed E-state index contributed by atoms with van der Waals surface area (Å²) in [4.78, 5) is 12.3. The van der Waals surface area contributed by atoms with Crippen molar-refractivity contribution in [2.45, 2.75) is 33.3 Å². The van der Waals surface area contributed by atoms with Gasteiger partial charge in [-0.2, -0.15) is 5.26 Å². The molecule has 0 unspecified atom stereocenters. The first-order valence-electron chi connectivity index (χ1n) is 6.08. The zero-order valence-electron chi connectivity index (χ0n) is 11.5. The molecule has 1 aromatic heterocycles. The molecule has 0 N–H and O–H groups in total. The summed E-state index contributed by atoms with van der Waals surface area (Å²) in [5.41, 5.74) is 1.27. The van der Waals surface area contributed by atoms with Crippen molar-refractivity contribution >= 4 is 17.0 Å². The molecule has 1 aromatic carbocycles. The summed E-state index contributed by atoms with van der Waals surface area (Å²) in [6, 6.07) is 9.37. The highest BCUT2D eigenvalue weighted by atomic mass is 16.6. The molecule has 2 aromatic rings. The van der Waals surface area contributed by atoms with Gasteiger partial charge in [0.25, 0.3) is 0 Å². The molecule has 0 aliphatic carbocycles. The predicted octanol–water partition coefficient (Wildman–Crippen LogP) is 3.60.